The number of hydrogen-bond acceptors (Lipinski definition) is 2. The molecule has 0 saturated heterocycles. The fourth-order valence-corrected chi connectivity index (χ4v) is 2.64. The van der Waals surface area contributed by atoms with E-state index in [0.29, 0.717) is 11.7 Å². The summed E-state index contributed by atoms with van der Waals surface area (Å²) in [6.45, 7) is 4.13. The predicted molar refractivity (Wildman–Crippen MR) is 79.5 cm³/mol. The first kappa shape index (κ1) is 12.9. The van der Waals surface area contributed by atoms with Crippen LogP contribution in [0.2, 0.25) is 0 Å². The monoisotopic (exact) mass is 266 g/mol. The van der Waals surface area contributed by atoms with Crippen LogP contribution in [0, 0.1) is 11.8 Å². The first-order chi connectivity index (χ1) is 9.65. The Hall–Kier alpha value is -2.09. The van der Waals surface area contributed by atoms with Crippen LogP contribution in [-0.4, -0.2) is 5.97 Å². The highest BCUT2D eigenvalue weighted by molar-refractivity contribution is 5.79. The molecule has 0 bridgehead atoms. The minimum absolute atomic E-state index is 0.0231. The maximum Gasteiger partial charge on any atom is 0.314 e. The van der Waals surface area contributed by atoms with E-state index in [-0.39, 0.29) is 11.9 Å². The van der Waals surface area contributed by atoms with E-state index in [4.69, 9.17) is 4.74 Å². The van der Waals surface area contributed by atoms with Crippen molar-refractivity contribution in [2.75, 3.05) is 0 Å². The Kier molecular flexibility index (Phi) is 3.31. The second-order valence-corrected chi connectivity index (χ2v) is 5.66. The van der Waals surface area contributed by atoms with Crippen molar-refractivity contribution in [2.24, 2.45) is 11.8 Å². The van der Waals surface area contributed by atoms with Gasteiger partial charge in [-0.3, -0.25) is 4.79 Å². The Morgan fingerprint density at radius 1 is 1.05 bits per heavy atom. The Morgan fingerprint density at radius 3 is 2.50 bits per heavy atom. The van der Waals surface area contributed by atoms with Crippen molar-refractivity contribution in [2.45, 2.75) is 20.3 Å². The van der Waals surface area contributed by atoms with Crippen LogP contribution in [0.25, 0.3) is 11.1 Å². The summed E-state index contributed by atoms with van der Waals surface area (Å²) in [6.07, 6.45) is 0.779. The van der Waals surface area contributed by atoms with Gasteiger partial charge >= 0.3 is 5.97 Å². The number of hydrogen-bond donors (Lipinski definition) is 0. The molecule has 1 aliphatic heterocycles. The average Bonchev–Trinajstić information content (AvgIpc) is 2.46. The highest BCUT2D eigenvalue weighted by Crippen LogP contribution is 2.34. The van der Waals surface area contributed by atoms with Crippen molar-refractivity contribution in [1.82, 2.24) is 0 Å². The molecule has 2 aromatic rings. The van der Waals surface area contributed by atoms with Crippen LogP contribution in [0.4, 0.5) is 0 Å². The zero-order valence-electron chi connectivity index (χ0n) is 11.8. The summed E-state index contributed by atoms with van der Waals surface area (Å²) in [5.41, 5.74) is 3.35. The van der Waals surface area contributed by atoms with E-state index in [1.807, 2.05) is 24.3 Å². The molecule has 20 heavy (non-hydrogen) atoms. The van der Waals surface area contributed by atoms with Crippen LogP contribution >= 0.6 is 0 Å². The highest BCUT2D eigenvalue weighted by Gasteiger charge is 2.30. The smallest absolute Gasteiger partial charge is 0.314 e. The standard InChI is InChI=1S/C18H18O2/c1-12(2)16-10-15-9-8-14(11-17(15)20-18(16)19)13-6-4-3-5-7-13/h3-9,11-12,16H,10H2,1-2H3. The maximum absolute atomic E-state index is 12.0. The van der Waals surface area contributed by atoms with Crippen molar-refractivity contribution >= 4 is 5.97 Å². The molecular formula is C18H18O2. The molecule has 0 N–H and O–H groups in total. The minimum atomic E-state index is -0.0993. The summed E-state index contributed by atoms with van der Waals surface area (Å²) in [5, 5.41) is 0. The molecule has 1 aliphatic rings. The average molecular weight is 266 g/mol. The van der Waals surface area contributed by atoms with E-state index in [9.17, 15) is 4.79 Å². The van der Waals surface area contributed by atoms with E-state index < -0.39 is 0 Å². The van der Waals surface area contributed by atoms with Gasteiger partial charge < -0.3 is 4.74 Å². The molecule has 0 aliphatic carbocycles. The van der Waals surface area contributed by atoms with Crippen molar-refractivity contribution < 1.29 is 9.53 Å². The van der Waals surface area contributed by atoms with Gasteiger partial charge in [0.1, 0.15) is 5.75 Å². The number of rotatable bonds is 2. The van der Waals surface area contributed by atoms with Gasteiger partial charge in [0, 0.05) is 0 Å². The predicted octanol–water partition coefficient (Wildman–Crippen LogP) is 4.09. The van der Waals surface area contributed by atoms with Crippen molar-refractivity contribution in [3.05, 3.63) is 54.1 Å². The maximum atomic E-state index is 12.0. The molecule has 0 fully saturated rings. The van der Waals surface area contributed by atoms with E-state index in [1.165, 1.54) is 0 Å². The zero-order chi connectivity index (χ0) is 14.1. The third kappa shape index (κ3) is 2.34. The number of ether oxygens (including phenoxy) is 1. The van der Waals surface area contributed by atoms with Gasteiger partial charge in [0.15, 0.2) is 0 Å². The summed E-state index contributed by atoms with van der Waals surface area (Å²) in [5.74, 6) is 0.903. The van der Waals surface area contributed by atoms with E-state index in [0.717, 1.165) is 23.1 Å². The van der Waals surface area contributed by atoms with Crippen molar-refractivity contribution in [3.8, 4) is 16.9 Å². The first-order valence-corrected chi connectivity index (χ1v) is 7.05. The Balaban J connectivity index is 1.96. The summed E-state index contributed by atoms with van der Waals surface area (Å²) in [6, 6.07) is 16.3. The highest BCUT2D eigenvalue weighted by atomic mass is 16.5. The molecule has 1 heterocycles. The number of esters is 1. The summed E-state index contributed by atoms with van der Waals surface area (Å²) in [7, 11) is 0. The molecule has 2 heteroatoms. The zero-order valence-corrected chi connectivity index (χ0v) is 11.8. The van der Waals surface area contributed by atoms with E-state index in [2.05, 4.69) is 38.1 Å². The van der Waals surface area contributed by atoms with Gasteiger partial charge in [-0.05, 0) is 35.1 Å². The van der Waals surface area contributed by atoms with Crippen LogP contribution in [0.1, 0.15) is 19.4 Å². The van der Waals surface area contributed by atoms with Crippen molar-refractivity contribution in [3.63, 3.8) is 0 Å². The molecule has 0 radical (unpaired) electrons. The second kappa shape index (κ2) is 5.12. The SMILES string of the molecule is CC(C)C1Cc2ccc(-c3ccccc3)cc2OC1=O. The summed E-state index contributed by atoms with van der Waals surface area (Å²) >= 11 is 0. The molecule has 1 atom stereocenters. The van der Waals surface area contributed by atoms with Gasteiger partial charge in [-0.1, -0.05) is 56.3 Å². The fourth-order valence-electron chi connectivity index (χ4n) is 2.64. The lowest BCUT2D eigenvalue weighted by molar-refractivity contribution is -0.141. The largest absolute Gasteiger partial charge is 0.426 e. The topological polar surface area (TPSA) is 26.3 Å². The Bertz CT molecular complexity index is 629. The third-order valence-electron chi connectivity index (χ3n) is 3.93. The molecular weight excluding hydrogens is 248 g/mol. The molecule has 0 saturated carbocycles. The van der Waals surface area contributed by atoms with Crippen LogP contribution in [0.15, 0.2) is 48.5 Å². The lowest BCUT2D eigenvalue weighted by Gasteiger charge is -2.26. The van der Waals surface area contributed by atoms with Gasteiger partial charge in [0.25, 0.3) is 0 Å². The van der Waals surface area contributed by atoms with Crippen LogP contribution in [0.5, 0.6) is 5.75 Å². The number of benzene rings is 2. The van der Waals surface area contributed by atoms with Gasteiger partial charge in [-0.15, -0.1) is 0 Å². The Labute approximate surface area is 119 Å². The molecule has 0 spiro atoms. The second-order valence-electron chi connectivity index (χ2n) is 5.66. The molecule has 3 rings (SSSR count). The minimum Gasteiger partial charge on any atom is -0.426 e. The number of fused-ring (bicyclic) bond motifs is 1. The van der Waals surface area contributed by atoms with E-state index >= 15 is 0 Å². The molecule has 0 amide bonds. The van der Waals surface area contributed by atoms with Gasteiger partial charge in [-0.2, -0.15) is 0 Å². The van der Waals surface area contributed by atoms with Crippen molar-refractivity contribution in [1.29, 1.82) is 0 Å². The quantitative estimate of drug-likeness (QED) is 0.604. The van der Waals surface area contributed by atoms with Gasteiger partial charge in [0.2, 0.25) is 0 Å². The molecule has 2 nitrogen and oxygen atoms in total. The lowest BCUT2D eigenvalue weighted by atomic mass is 9.86. The normalized spacial score (nSPS) is 17.8. The summed E-state index contributed by atoms with van der Waals surface area (Å²) < 4.78 is 5.53. The first-order valence-electron chi connectivity index (χ1n) is 7.05. The van der Waals surface area contributed by atoms with Gasteiger partial charge in [-0.25, -0.2) is 0 Å². The van der Waals surface area contributed by atoms with Crippen LogP contribution in [-0.2, 0) is 11.2 Å². The van der Waals surface area contributed by atoms with Crippen LogP contribution < -0.4 is 4.74 Å². The summed E-state index contributed by atoms with van der Waals surface area (Å²) in [4.78, 5) is 12.0. The van der Waals surface area contributed by atoms with Crippen LogP contribution in [0.3, 0.4) is 0 Å². The number of carbonyl (C=O) groups excluding carboxylic acids is 1. The molecule has 2 aromatic carbocycles. The Morgan fingerprint density at radius 2 is 1.80 bits per heavy atom. The van der Waals surface area contributed by atoms with E-state index in [1.54, 1.807) is 0 Å². The van der Waals surface area contributed by atoms with Gasteiger partial charge in [0.05, 0.1) is 5.92 Å². The number of carbonyl (C=O) groups is 1. The molecule has 102 valence electrons. The lowest BCUT2D eigenvalue weighted by Crippen LogP contribution is -2.31. The molecule has 1 unspecified atom stereocenters. The molecule has 0 aromatic heterocycles. The fraction of sp³-hybridized carbons (Fsp3) is 0.278. The third-order valence-corrected chi connectivity index (χ3v) is 3.93.